The third kappa shape index (κ3) is 5.16. The number of hydrogen-bond donors (Lipinski definition) is 1. The van der Waals surface area contributed by atoms with Crippen LogP contribution < -0.4 is 5.32 Å². The van der Waals surface area contributed by atoms with Crippen molar-refractivity contribution in [3.05, 3.63) is 29.8 Å². The molecule has 0 radical (unpaired) electrons. The fourth-order valence-corrected chi connectivity index (χ4v) is 3.71. The van der Waals surface area contributed by atoms with Crippen LogP contribution >= 0.6 is 24.0 Å². The van der Waals surface area contributed by atoms with Crippen LogP contribution in [0, 0.1) is 0 Å². The van der Waals surface area contributed by atoms with Gasteiger partial charge in [0.25, 0.3) is 0 Å². The number of ether oxygens (including phenoxy) is 1. The van der Waals surface area contributed by atoms with Crippen molar-refractivity contribution in [1.29, 1.82) is 0 Å². The predicted molar refractivity (Wildman–Crippen MR) is 92.3 cm³/mol. The van der Waals surface area contributed by atoms with Crippen LogP contribution in [0.2, 0.25) is 0 Å². The summed E-state index contributed by atoms with van der Waals surface area (Å²) >= 11 is 6.19. The molecule has 2 rings (SSSR count). The molecule has 1 unspecified atom stereocenters. The average Bonchev–Trinajstić information content (AvgIpc) is 2.78. The lowest BCUT2D eigenvalue weighted by atomic mass is 10.2. The monoisotopic (exact) mass is 392 g/mol. The van der Waals surface area contributed by atoms with Gasteiger partial charge in [0.15, 0.2) is 0 Å². The summed E-state index contributed by atoms with van der Waals surface area (Å²) in [6.07, 6.45) is -4.67. The van der Waals surface area contributed by atoms with Gasteiger partial charge in [0.1, 0.15) is 4.32 Å². The summed E-state index contributed by atoms with van der Waals surface area (Å²) in [5.74, 6) is -0.854. The van der Waals surface area contributed by atoms with Crippen molar-refractivity contribution < 1.29 is 27.5 Å². The number of methoxy groups -OCH3 is 1. The van der Waals surface area contributed by atoms with Crippen molar-refractivity contribution in [1.82, 2.24) is 4.90 Å². The molecule has 1 fully saturated rings. The number of nitrogens with zero attached hydrogens (tertiary/aromatic N) is 1. The Kier molecular flexibility index (Phi) is 6.42. The maximum absolute atomic E-state index is 12.7. The number of rotatable bonds is 6. The molecule has 1 aliphatic rings. The maximum atomic E-state index is 12.7. The quantitative estimate of drug-likeness (QED) is 0.755. The zero-order chi connectivity index (χ0) is 18.6. The molecule has 0 saturated carbocycles. The highest BCUT2D eigenvalue weighted by Crippen LogP contribution is 2.32. The summed E-state index contributed by atoms with van der Waals surface area (Å²) in [7, 11) is 1.50. The Hall–Kier alpha value is -1.65. The van der Waals surface area contributed by atoms with Gasteiger partial charge in [0.05, 0.1) is 24.0 Å². The number of thioether (sulfide) groups is 1. The van der Waals surface area contributed by atoms with Crippen LogP contribution in [-0.4, -0.2) is 46.5 Å². The Balaban J connectivity index is 1.97. The van der Waals surface area contributed by atoms with E-state index in [2.05, 4.69) is 5.32 Å². The van der Waals surface area contributed by atoms with E-state index in [0.717, 1.165) is 23.9 Å². The van der Waals surface area contributed by atoms with Gasteiger partial charge in [0, 0.05) is 19.2 Å². The van der Waals surface area contributed by atoms with E-state index in [9.17, 15) is 22.8 Å². The first-order valence-electron chi connectivity index (χ1n) is 7.20. The maximum Gasteiger partial charge on any atom is 0.416 e. The van der Waals surface area contributed by atoms with Crippen molar-refractivity contribution in [3.8, 4) is 0 Å². The van der Waals surface area contributed by atoms with Gasteiger partial charge in [-0.05, 0) is 18.2 Å². The van der Waals surface area contributed by atoms with Crippen LogP contribution in [0.15, 0.2) is 24.3 Å². The third-order valence-electron chi connectivity index (χ3n) is 3.37. The summed E-state index contributed by atoms with van der Waals surface area (Å²) in [5, 5.41) is 1.70. The lowest BCUT2D eigenvalue weighted by Gasteiger charge is -2.14. The Morgan fingerprint density at radius 1 is 1.44 bits per heavy atom. The van der Waals surface area contributed by atoms with E-state index < -0.39 is 22.9 Å². The first-order valence-corrected chi connectivity index (χ1v) is 8.49. The molecule has 10 heteroatoms. The molecular formula is C15H15F3N2O3S2. The van der Waals surface area contributed by atoms with Crippen LogP contribution in [0.4, 0.5) is 18.9 Å². The number of benzene rings is 1. The zero-order valence-electron chi connectivity index (χ0n) is 13.1. The first kappa shape index (κ1) is 19.7. The average molecular weight is 392 g/mol. The Morgan fingerprint density at radius 3 is 2.80 bits per heavy atom. The molecule has 0 bridgehead atoms. The molecule has 25 heavy (non-hydrogen) atoms. The van der Waals surface area contributed by atoms with Gasteiger partial charge in [-0.2, -0.15) is 13.2 Å². The van der Waals surface area contributed by atoms with Gasteiger partial charge in [-0.3, -0.25) is 14.5 Å². The highest BCUT2D eigenvalue weighted by atomic mass is 32.2. The highest BCUT2D eigenvalue weighted by molar-refractivity contribution is 8.24. The minimum atomic E-state index is -4.49. The number of nitrogens with one attached hydrogen (secondary N) is 1. The van der Waals surface area contributed by atoms with Gasteiger partial charge in [-0.15, -0.1) is 0 Å². The van der Waals surface area contributed by atoms with E-state index in [1.807, 2.05) is 0 Å². The Morgan fingerprint density at radius 2 is 2.16 bits per heavy atom. The van der Waals surface area contributed by atoms with Crippen LogP contribution in [-0.2, 0) is 20.5 Å². The van der Waals surface area contributed by atoms with E-state index >= 15 is 0 Å². The van der Waals surface area contributed by atoms with E-state index in [0.29, 0.717) is 17.5 Å². The molecule has 0 aromatic heterocycles. The minimum Gasteiger partial charge on any atom is -0.383 e. The summed E-state index contributed by atoms with van der Waals surface area (Å²) in [6, 6.07) is 4.32. The SMILES string of the molecule is COCCN1C(=O)C(CC(=O)Nc2cccc(C(F)(F)F)c2)SC1=S. The van der Waals surface area contributed by atoms with E-state index in [4.69, 9.17) is 17.0 Å². The van der Waals surface area contributed by atoms with Crippen LogP contribution in [0.25, 0.3) is 0 Å². The van der Waals surface area contributed by atoms with Crippen molar-refractivity contribution in [2.75, 3.05) is 25.6 Å². The molecule has 1 aliphatic heterocycles. The molecule has 1 N–H and O–H groups in total. The predicted octanol–water partition coefficient (Wildman–Crippen LogP) is 2.91. The van der Waals surface area contributed by atoms with Crippen molar-refractivity contribution >= 4 is 45.8 Å². The van der Waals surface area contributed by atoms with Crippen molar-refractivity contribution in [3.63, 3.8) is 0 Å². The van der Waals surface area contributed by atoms with Gasteiger partial charge in [0.2, 0.25) is 11.8 Å². The lowest BCUT2D eigenvalue weighted by molar-refractivity contribution is -0.137. The van der Waals surface area contributed by atoms with E-state index in [1.165, 1.54) is 24.1 Å². The molecule has 2 amide bonds. The fraction of sp³-hybridized carbons (Fsp3) is 0.400. The first-order chi connectivity index (χ1) is 11.7. The number of thiocarbonyl (C=S) groups is 1. The topological polar surface area (TPSA) is 58.6 Å². The molecule has 5 nitrogen and oxygen atoms in total. The summed E-state index contributed by atoms with van der Waals surface area (Å²) < 4.78 is 43.3. The lowest BCUT2D eigenvalue weighted by Crippen LogP contribution is -2.35. The fourth-order valence-electron chi connectivity index (χ4n) is 2.17. The van der Waals surface area contributed by atoms with Crippen LogP contribution in [0.5, 0.6) is 0 Å². The number of carbonyl (C=O) groups excluding carboxylic acids is 2. The van der Waals surface area contributed by atoms with Gasteiger partial charge >= 0.3 is 6.18 Å². The Bertz CT molecular complexity index is 682. The van der Waals surface area contributed by atoms with Gasteiger partial charge < -0.3 is 10.1 Å². The van der Waals surface area contributed by atoms with Gasteiger partial charge in [-0.1, -0.05) is 30.0 Å². The zero-order valence-corrected chi connectivity index (χ0v) is 14.8. The van der Waals surface area contributed by atoms with E-state index in [1.54, 1.807) is 0 Å². The summed E-state index contributed by atoms with van der Waals surface area (Å²) in [5.41, 5.74) is -0.836. The van der Waals surface area contributed by atoms with Crippen molar-refractivity contribution in [2.24, 2.45) is 0 Å². The molecule has 136 valence electrons. The minimum absolute atomic E-state index is 0.0223. The largest absolute Gasteiger partial charge is 0.416 e. The standard InChI is InChI=1S/C15H15F3N2O3S2/c1-23-6-5-20-13(22)11(25-14(20)24)8-12(21)19-10-4-2-3-9(7-10)15(16,17)18/h2-4,7,11H,5-6,8H2,1H3,(H,19,21). The third-order valence-corrected chi connectivity index (χ3v) is 4.95. The molecule has 1 atom stereocenters. The molecule has 0 spiro atoms. The number of halogens is 3. The normalized spacial score (nSPS) is 17.9. The summed E-state index contributed by atoms with van der Waals surface area (Å²) in [4.78, 5) is 25.7. The molecule has 1 aromatic rings. The number of amides is 2. The van der Waals surface area contributed by atoms with Gasteiger partial charge in [-0.25, -0.2) is 0 Å². The second-order valence-electron chi connectivity index (χ2n) is 5.19. The summed E-state index contributed by atoms with van der Waals surface area (Å²) in [6.45, 7) is 0.614. The molecule has 0 aliphatic carbocycles. The van der Waals surface area contributed by atoms with E-state index in [-0.39, 0.29) is 18.0 Å². The van der Waals surface area contributed by atoms with Crippen LogP contribution in [0.1, 0.15) is 12.0 Å². The molecule has 1 heterocycles. The number of hydrogen-bond acceptors (Lipinski definition) is 5. The number of alkyl halides is 3. The molecule has 1 aromatic carbocycles. The molecule has 1 saturated heterocycles. The number of carbonyl (C=O) groups is 2. The second-order valence-corrected chi connectivity index (χ2v) is 7.02. The smallest absolute Gasteiger partial charge is 0.383 e. The number of anilines is 1. The van der Waals surface area contributed by atoms with Crippen molar-refractivity contribution in [2.45, 2.75) is 17.8 Å². The highest BCUT2D eigenvalue weighted by Gasteiger charge is 2.38. The Labute approximate surface area is 151 Å². The molecular weight excluding hydrogens is 377 g/mol. The van der Waals surface area contributed by atoms with Crippen LogP contribution in [0.3, 0.4) is 0 Å². The second kappa shape index (κ2) is 8.15.